The van der Waals surface area contributed by atoms with E-state index in [-0.39, 0.29) is 6.04 Å². The average Bonchev–Trinajstić information content (AvgIpc) is 2.90. The van der Waals surface area contributed by atoms with Crippen LogP contribution in [0.1, 0.15) is 41.8 Å². The van der Waals surface area contributed by atoms with Crippen LogP contribution in [0.5, 0.6) is 5.75 Å². The Balaban J connectivity index is 1.97. The second kappa shape index (κ2) is 5.71. The third-order valence-electron chi connectivity index (χ3n) is 3.88. The highest BCUT2D eigenvalue weighted by molar-refractivity contribution is 5.42. The number of ether oxygens (including phenoxy) is 1. The van der Waals surface area contributed by atoms with Gasteiger partial charge in [-0.1, -0.05) is 19.1 Å². The standard InChI is InChI=1S/C17H21NO2/c1-3-18-17(15-8-10-19-12(15)2)14-6-7-16-13(11-14)5-4-9-20-16/h6-8,10-11,17-18H,3-5,9H2,1-2H3. The third-order valence-corrected chi connectivity index (χ3v) is 3.88. The van der Waals surface area contributed by atoms with Gasteiger partial charge in [-0.3, -0.25) is 0 Å². The van der Waals surface area contributed by atoms with Gasteiger partial charge in [0.2, 0.25) is 0 Å². The number of benzene rings is 1. The normalized spacial score (nSPS) is 15.5. The first kappa shape index (κ1) is 13.3. The number of rotatable bonds is 4. The zero-order valence-electron chi connectivity index (χ0n) is 12.1. The van der Waals surface area contributed by atoms with Crippen LogP contribution in [0.4, 0.5) is 0 Å². The minimum Gasteiger partial charge on any atom is -0.493 e. The minimum absolute atomic E-state index is 0.186. The number of furan rings is 1. The second-order valence-electron chi connectivity index (χ2n) is 5.24. The summed E-state index contributed by atoms with van der Waals surface area (Å²) in [6, 6.07) is 8.77. The molecule has 0 saturated heterocycles. The lowest BCUT2D eigenvalue weighted by Gasteiger charge is -2.22. The van der Waals surface area contributed by atoms with E-state index in [1.54, 1.807) is 6.26 Å². The van der Waals surface area contributed by atoms with Crippen molar-refractivity contribution in [1.82, 2.24) is 5.32 Å². The molecule has 3 rings (SSSR count). The molecular weight excluding hydrogens is 250 g/mol. The summed E-state index contributed by atoms with van der Waals surface area (Å²) in [6.45, 7) is 5.90. The van der Waals surface area contributed by atoms with Gasteiger partial charge in [-0.2, -0.15) is 0 Å². The lowest BCUT2D eigenvalue weighted by molar-refractivity contribution is 0.288. The number of hydrogen-bond donors (Lipinski definition) is 1. The Morgan fingerprint density at radius 2 is 2.20 bits per heavy atom. The van der Waals surface area contributed by atoms with Crippen LogP contribution < -0.4 is 10.1 Å². The molecule has 20 heavy (non-hydrogen) atoms. The molecule has 1 N–H and O–H groups in total. The minimum atomic E-state index is 0.186. The van der Waals surface area contributed by atoms with Crippen molar-refractivity contribution in [1.29, 1.82) is 0 Å². The van der Waals surface area contributed by atoms with Crippen LogP contribution in [0.15, 0.2) is 34.9 Å². The molecule has 1 aromatic heterocycles. The molecule has 0 aliphatic carbocycles. The fourth-order valence-electron chi connectivity index (χ4n) is 2.87. The van der Waals surface area contributed by atoms with E-state index in [0.717, 1.165) is 37.5 Å². The molecule has 0 fully saturated rings. The van der Waals surface area contributed by atoms with Gasteiger partial charge in [0, 0.05) is 5.56 Å². The van der Waals surface area contributed by atoms with Gasteiger partial charge >= 0.3 is 0 Å². The maximum absolute atomic E-state index is 5.69. The molecular formula is C17H21NO2. The van der Waals surface area contributed by atoms with Gasteiger partial charge in [0.15, 0.2) is 0 Å². The third kappa shape index (κ3) is 2.46. The molecule has 0 bridgehead atoms. The quantitative estimate of drug-likeness (QED) is 0.922. The van der Waals surface area contributed by atoms with E-state index in [0.29, 0.717) is 0 Å². The summed E-state index contributed by atoms with van der Waals surface area (Å²) in [5, 5.41) is 3.55. The number of aryl methyl sites for hydroxylation is 2. The van der Waals surface area contributed by atoms with Crippen molar-refractivity contribution >= 4 is 0 Å². The van der Waals surface area contributed by atoms with Crippen LogP contribution >= 0.6 is 0 Å². The van der Waals surface area contributed by atoms with E-state index in [1.807, 2.05) is 6.92 Å². The summed E-state index contributed by atoms with van der Waals surface area (Å²) >= 11 is 0. The van der Waals surface area contributed by atoms with Crippen LogP contribution in [0.3, 0.4) is 0 Å². The number of fused-ring (bicyclic) bond motifs is 1. The van der Waals surface area contributed by atoms with Crippen LogP contribution in [0.2, 0.25) is 0 Å². The fourth-order valence-corrected chi connectivity index (χ4v) is 2.87. The summed E-state index contributed by atoms with van der Waals surface area (Å²) in [5.41, 5.74) is 3.81. The van der Waals surface area contributed by atoms with Gasteiger partial charge in [0.25, 0.3) is 0 Å². The Bertz CT molecular complexity index is 588. The SMILES string of the molecule is CCNC(c1ccc2c(c1)CCCO2)c1ccoc1C. The predicted molar refractivity (Wildman–Crippen MR) is 79.2 cm³/mol. The molecule has 1 atom stereocenters. The topological polar surface area (TPSA) is 34.4 Å². The molecule has 1 aliphatic rings. The Morgan fingerprint density at radius 1 is 1.30 bits per heavy atom. The highest BCUT2D eigenvalue weighted by Gasteiger charge is 2.19. The maximum atomic E-state index is 5.69. The first-order valence-corrected chi connectivity index (χ1v) is 7.32. The molecule has 0 spiro atoms. The van der Waals surface area contributed by atoms with E-state index < -0.39 is 0 Å². The van der Waals surface area contributed by atoms with Gasteiger partial charge < -0.3 is 14.5 Å². The molecule has 1 aromatic carbocycles. The number of hydrogen-bond acceptors (Lipinski definition) is 3. The highest BCUT2D eigenvalue weighted by atomic mass is 16.5. The molecule has 0 saturated carbocycles. The van der Waals surface area contributed by atoms with Gasteiger partial charge in [0.05, 0.1) is 18.9 Å². The summed E-state index contributed by atoms with van der Waals surface area (Å²) < 4.78 is 11.2. The lowest BCUT2D eigenvalue weighted by atomic mass is 9.95. The highest BCUT2D eigenvalue weighted by Crippen LogP contribution is 2.31. The fraction of sp³-hybridized carbons (Fsp3) is 0.412. The Labute approximate surface area is 119 Å². The van der Waals surface area contributed by atoms with Gasteiger partial charge in [-0.15, -0.1) is 0 Å². The van der Waals surface area contributed by atoms with Crippen molar-refractivity contribution in [3.8, 4) is 5.75 Å². The molecule has 106 valence electrons. The summed E-state index contributed by atoms with van der Waals surface area (Å²) in [4.78, 5) is 0. The molecule has 3 heteroatoms. The Kier molecular flexibility index (Phi) is 3.79. The van der Waals surface area contributed by atoms with Gasteiger partial charge in [-0.25, -0.2) is 0 Å². The summed E-state index contributed by atoms with van der Waals surface area (Å²) in [7, 11) is 0. The second-order valence-corrected chi connectivity index (χ2v) is 5.24. The van der Waals surface area contributed by atoms with Gasteiger partial charge in [-0.05, 0) is 49.6 Å². The molecule has 3 nitrogen and oxygen atoms in total. The van der Waals surface area contributed by atoms with Crippen LogP contribution in [0.25, 0.3) is 0 Å². The van der Waals surface area contributed by atoms with Crippen molar-refractivity contribution in [3.63, 3.8) is 0 Å². The first-order valence-electron chi connectivity index (χ1n) is 7.32. The predicted octanol–water partition coefficient (Wildman–Crippen LogP) is 3.61. The van der Waals surface area contributed by atoms with Crippen molar-refractivity contribution < 1.29 is 9.15 Å². The van der Waals surface area contributed by atoms with Crippen molar-refractivity contribution in [2.75, 3.05) is 13.2 Å². The lowest BCUT2D eigenvalue weighted by Crippen LogP contribution is -2.22. The zero-order valence-corrected chi connectivity index (χ0v) is 12.1. The summed E-state index contributed by atoms with van der Waals surface area (Å²) in [6.07, 6.45) is 3.97. The van der Waals surface area contributed by atoms with Crippen molar-refractivity contribution in [2.45, 2.75) is 32.7 Å². The van der Waals surface area contributed by atoms with Crippen molar-refractivity contribution in [3.05, 3.63) is 53.0 Å². The van der Waals surface area contributed by atoms with Gasteiger partial charge in [0.1, 0.15) is 11.5 Å². The van der Waals surface area contributed by atoms with E-state index in [4.69, 9.17) is 9.15 Å². The molecule has 2 aromatic rings. The molecule has 2 heterocycles. The van der Waals surface area contributed by atoms with E-state index in [9.17, 15) is 0 Å². The average molecular weight is 271 g/mol. The largest absolute Gasteiger partial charge is 0.493 e. The van der Waals surface area contributed by atoms with E-state index in [1.165, 1.54) is 16.7 Å². The molecule has 1 unspecified atom stereocenters. The van der Waals surface area contributed by atoms with E-state index in [2.05, 4.69) is 36.5 Å². The van der Waals surface area contributed by atoms with Crippen LogP contribution in [0, 0.1) is 6.92 Å². The molecule has 1 aliphatic heterocycles. The Morgan fingerprint density at radius 3 is 2.95 bits per heavy atom. The molecule has 0 radical (unpaired) electrons. The monoisotopic (exact) mass is 271 g/mol. The van der Waals surface area contributed by atoms with Crippen LogP contribution in [-0.4, -0.2) is 13.2 Å². The van der Waals surface area contributed by atoms with Crippen molar-refractivity contribution in [2.24, 2.45) is 0 Å². The molecule has 0 amide bonds. The summed E-state index contributed by atoms with van der Waals surface area (Å²) in [5.74, 6) is 2.02. The Hall–Kier alpha value is -1.74. The number of nitrogens with one attached hydrogen (secondary N) is 1. The zero-order chi connectivity index (χ0) is 13.9. The van der Waals surface area contributed by atoms with E-state index >= 15 is 0 Å². The maximum Gasteiger partial charge on any atom is 0.122 e. The van der Waals surface area contributed by atoms with Crippen LogP contribution in [-0.2, 0) is 6.42 Å². The smallest absolute Gasteiger partial charge is 0.122 e. The first-order chi connectivity index (χ1) is 9.79.